The molecule has 2 N–H and O–H groups in total. The number of halogens is 1. The first kappa shape index (κ1) is 21.7. The van der Waals surface area contributed by atoms with E-state index in [0.29, 0.717) is 26.2 Å². The monoisotopic (exact) mass is 488 g/mol. The number of amides is 1. The molecule has 2 fully saturated rings. The Morgan fingerprint density at radius 1 is 1.30 bits per heavy atom. The fourth-order valence-electron chi connectivity index (χ4n) is 3.36. The van der Waals surface area contributed by atoms with Crippen LogP contribution in [0.2, 0.25) is 0 Å². The molecular formula is C19H29IN4O3. The second-order valence-corrected chi connectivity index (χ2v) is 6.65. The summed E-state index contributed by atoms with van der Waals surface area (Å²) in [7, 11) is 0. The van der Waals surface area contributed by atoms with Gasteiger partial charge in [0.25, 0.3) is 5.91 Å². The number of aliphatic imine (C=N–C) groups is 1. The number of nitrogens with zero attached hydrogens (tertiary/aromatic N) is 3. The number of nitrogens with one attached hydrogen (secondary N) is 1. The predicted molar refractivity (Wildman–Crippen MR) is 115 cm³/mol. The van der Waals surface area contributed by atoms with Gasteiger partial charge >= 0.3 is 0 Å². The average Bonchev–Trinajstić information content (AvgIpc) is 3.19. The van der Waals surface area contributed by atoms with E-state index in [1.807, 2.05) is 24.0 Å². The molecule has 7 nitrogen and oxygen atoms in total. The van der Waals surface area contributed by atoms with Gasteiger partial charge in [-0.2, -0.15) is 0 Å². The topological polar surface area (TPSA) is 77.4 Å². The van der Waals surface area contributed by atoms with Crippen LogP contribution in [0.5, 0.6) is 5.75 Å². The molecule has 150 valence electrons. The van der Waals surface area contributed by atoms with Crippen LogP contribution in [-0.4, -0.2) is 72.2 Å². The minimum atomic E-state index is -0.241. The van der Waals surface area contributed by atoms with E-state index in [2.05, 4.69) is 15.2 Å². The predicted octanol–water partition coefficient (Wildman–Crippen LogP) is 1.80. The van der Waals surface area contributed by atoms with Gasteiger partial charge in [0.1, 0.15) is 11.9 Å². The van der Waals surface area contributed by atoms with Crippen molar-refractivity contribution in [2.45, 2.75) is 32.4 Å². The molecule has 2 saturated heterocycles. The molecule has 1 atom stereocenters. The number of hydrogen-bond donors (Lipinski definition) is 2. The second kappa shape index (κ2) is 10.7. The lowest BCUT2D eigenvalue weighted by atomic mass is 10.2. The van der Waals surface area contributed by atoms with Gasteiger partial charge in [0.05, 0.1) is 6.54 Å². The quantitative estimate of drug-likeness (QED) is 0.384. The van der Waals surface area contributed by atoms with Crippen molar-refractivity contribution in [1.82, 2.24) is 15.1 Å². The van der Waals surface area contributed by atoms with E-state index >= 15 is 0 Å². The molecule has 0 spiro atoms. The van der Waals surface area contributed by atoms with Gasteiger partial charge in [-0.25, -0.2) is 4.99 Å². The number of hydrogen-bond acceptors (Lipinski definition) is 4. The first-order valence-corrected chi connectivity index (χ1v) is 9.39. The maximum atomic E-state index is 12.5. The van der Waals surface area contributed by atoms with Crippen molar-refractivity contribution >= 4 is 35.8 Å². The SMILES string of the molecule is CCNC(=NCc1cccc(O)c1)N1CCN(C(=O)C2CCCO2)CC1.I. The number of piperazine rings is 1. The van der Waals surface area contributed by atoms with Crippen LogP contribution in [0.4, 0.5) is 0 Å². The van der Waals surface area contributed by atoms with Gasteiger partial charge in [-0.1, -0.05) is 12.1 Å². The summed E-state index contributed by atoms with van der Waals surface area (Å²) in [6, 6.07) is 7.15. The molecule has 3 rings (SSSR count). The molecule has 0 bridgehead atoms. The maximum absolute atomic E-state index is 12.5. The molecule has 1 aromatic carbocycles. The maximum Gasteiger partial charge on any atom is 0.251 e. The summed E-state index contributed by atoms with van der Waals surface area (Å²) in [5.74, 6) is 1.23. The molecular weight excluding hydrogens is 459 g/mol. The third-order valence-corrected chi connectivity index (χ3v) is 4.75. The average molecular weight is 488 g/mol. The zero-order valence-corrected chi connectivity index (χ0v) is 18.1. The molecule has 2 heterocycles. The van der Waals surface area contributed by atoms with Crippen LogP contribution in [0.15, 0.2) is 29.3 Å². The minimum Gasteiger partial charge on any atom is -0.508 e. The Kier molecular flexibility index (Phi) is 8.62. The number of ether oxygens (including phenoxy) is 1. The summed E-state index contributed by atoms with van der Waals surface area (Å²) in [5.41, 5.74) is 0.965. The van der Waals surface area contributed by atoms with E-state index in [9.17, 15) is 9.90 Å². The number of aromatic hydroxyl groups is 1. The van der Waals surface area contributed by atoms with Crippen molar-refractivity contribution in [1.29, 1.82) is 0 Å². The van der Waals surface area contributed by atoms with Crippen LogP contribution < -0.4 is 5.32 Å². The number of guanidine groups is 1. The molecule has 1 aromatic rings. The van der Waals surface area contributed by atoms with Crippen molar-refractivity contribution < 1.29 is 14.6 Å². The summed E-state index contributed by atoms with van der Waals surface area (Å²) in [6.45, 7) is 6.92. The van der Waals surface area contributed by atoms with Crippen molar-refractivity contribution in [2.75, 3.05) is 39.3 Å². The third-order valence-electron chi connectivity index (χ3n) is 4.75. The van der Waals surface area contributed by atoms with Gasteiger partial charge in [-0.05, 0) is 37.5 Å². The van der Waals surface area contributed by atoms with Gasteiger partial charge in [-0.15, -0.1) is 24.0 Å². The van der Waals surface area contributed by atoms with Crippen LogP contribution in [0.3, 0.4) is 0 Å². The Labute approximate surface area is 177 Å². The lowest BCUT2D eigenvalue weighted by Gasteiger charge is -2.37. The molecule has 2 aliphatic rings. The molecule has 27 heavy (non-hydrogen) atoms. The highest BCUT2D eigenvalue weighted by Crippen LogP contribution is 2.16. The molecule has 8 heteroatoms. The zero-order chi connectivity index (χ0) is 18.4. The normalized spacial score (nSPS) is 20.3. The second-order valence-electron chi connectivity index (χ2n) is 6.65. The highest BCUT2D eigenvalue weighted by Gasteiger charge is 2.30. The molecule has 0 aromatic heterocycles. The largest absolute Gasteiger partial charge is 0.508 e. The van der Waals surface area contributed by atoms with Crippen molar-refractivity contribution in [3.05, 3.63) is 29.8 Å². The van der Waals surface area contributed by atoms with Crippen molar-refractivity contribution in [3.8, 4) is 5.75 Å². The molecule has 1 unspecified atom stereocenters. The minimum absolute atomic E-state index is 0. The van der Waals surface area contributed by atoms with Gasteiger partial charge in [0, 0.05) is 39.3 Å². The Hall–Kier alpha value is -1.55. The number of carbonyl (C=O) groups excluding carboxylic acids is 1. The summed E-state index contributed by atoms with van der Waals surface area (Å²) < 4.78 is 5.52. The summed E-state index contributed by atoms with van der Waals surface area (Å²) >= 11 is 0. The van der Waals surface area contributed by atoms with Crippen molar-refractivity contribution in [2.24, 2.45) is 4.99 Å². The van der Waals surface area contributed by atoms with E-state index in [1.165, 1.54) is 0 Å². The Balaban J connectivity index is 0.00000261. The highest BCUT2D eigenvalue weighted by atomic mass is 127. The van der Waals surface area contributed by atoms with Gasteiger partial charge < -0.3 is 25.0 Å². The fourth-order valence-corrected chi connectivity index (χ4v) is 3.36. The number of rotatable bonds is 4. The van der Waals surface area contributed by atoms with Gasteiger partial charge in [0.15, 0.2) is 5.96 Å². The third kappa shape index (κ3) is 5.97. The molecule has 2 aliphatic heterocycles. The standard InChI is InChI=1S/C19H28N4O3.HI/c1-2-20-19(21-14-15-5-3-6-16(24)13-15)23-10-8-22(9-11-23)18(25)17-7-4-12-26-17;/h3,5-6,13,17,24H,2,4,7-12,14H2,1H3,(H,20,21);1H. The van der Waals surface area contributed by atoms with Crippen molar-refractivity contribution in [3.63, 3.8) is 0 Å². The molecule has 0 saturated carbocycles. The van der Waals surface area contributed by atoms with E-state index in [0.717, 1.165) is 44.0 Å². The van der Waals surface area contributed by atoms with Crippen LogP contribution in [0, 0.1) is 0 Å². The van der Waals surface area contributed by atoms with Crippen LogP contribution >= 0.6 is 24.0 Å². The smallest absolute Gasteiger partial charge is 0.251 e. The molecule has 0 radical (unpaired) electrons. The molecule has 0 aliphatic carbocycles. The first-order chi connectivity index (χ1) is 12.7. The highest BCUT2D eigenvalue weighted by molar-refractivity contribution is 14.0. The Morgan fingerprint density at radius 2 is 2.04 bits per heavy atom. The Bertz CT molecular complexity index is 642. The number of phenols is 1. The number of carbonyl (C=O) groups is 1. The Morgan fingerprint density at radius 3 is 2.67 bits per heavy atom. The van der Waals surface area contributed by atoms with Crippen LogP contribution in [0.1, 0.15) is 25.3 Å². The van der Waals surface area contributed by atoms with Gasteiger partial charge in [0.2, 0.25) is 0 Å². The summed E-state index contributed by atoms with van der Waals surface area (Å²) in [4.78, 5) is 21.2. The van der Waals surface area contributed by atoms with E-state index in [4.69, 9.17) is 4.74 Å². The summed E-state index contributed by atoms with van der Waals surface area (Å²) in [6.07, 6.45) is 1.57. The summed E-state index contributed by atoms with van der Waals surface area (Å²) in [5, 5.41) is 12.9. The van der Waals surface area contributed by atoms with E-state index < -0.39 is 0 Å². The number of phenolic OH excluding ortho intramolecular Hbond substituents is 1. The van der Waals surface area contributed by atoms with Gasteiger partial charge in [-0.3, -0.25) is 4.79 Å². The first-order valence-electron chi connectivity index (χ1n) is 9.39. The lowest BCUT2D eigenvalue weighted by molar-refractivity contribution is -0.142. The fraction of sp³-hybridized carbons (Fsp3) is 0.579. The molecule has 1 amide bonds. The van der Waals surface area contributed by atoms with Crippen LogP contribution in [-0.2, 0) is 16.1 Å². The van der Waals surface area contributed by atoms with Crippen LogP contribution in [0.25, 0.3) is 0 Å². The zero-order valence-electron chi connectivity index (χ0n) is 15.8. The lowest BCUT2D eigenvalue weighted by Crippen LogP contribution is -2.55. The van der Waals surface area contributed by atoms with E-state index in [-0.39, 0.29) is 41.7 Å². The van der Waals surface area contributed by atoms with E-state index in [1.54, 1.807) is 12.1 Å². The number of benzene rings is 1.